The van der Waals surface area contributed by atoms with Gasteiger partial charge in [0, 0.05) is 12.5 Å². The summed E-state index contributed by atoms with van der Waals surface area (Å²) >= 11 is 6.16. The lowest BCUT2D eigenvalue weighted by Crippen LogP contribution is -2.13. The molecule has 2 aromatic rings. The zero-order valence-corrected chi connectivity index (χ0v) is 17.1. The van der Waals surface area contributed by atoms with Gasteiger partial charge in [0.15, 0.2) is 0 Å². The van der Waals surface area contributed by atoms with Crippen molar-refractivity contribution in [3.8, 4) is 17.2 Å². The van der Waals surface area contributed by atoms with Crippen LogP contribution in [-0.4, -0.2) is 26.2 Å². The Morgan fingerprint density at radius 1 is 1.11 bits per heavy atom. The number of ether oxygens (including phenoxy) is 3. The molecule has 1 N–H and O–H groups in total. The molecule has 3 rings (SSSR count). The normalized spacial score (nSPS) is 14.0. The monoisotopic (exact) mass is 403 g/mol. The van der Waals surface area contributed by atoms with Crippen molar-refractivity contribution in [3.05, 3.63) is 47.0 Å². The van der Waals surface area contributed by atoms with Crippen LogP contribution in [0, 0.1) is 0 Å². The van der Waals surface area contributed by atoms with Gasteiger partial charge in [-0.15, -0.1) is 0 Å². The van der Waals surface area contributed by atoms with Crippen LogP contribution in [0.2, 0.25) is 5.02 Å². The van der Waals surface area contributed by atoms with E-state index >= 15 is 0 Å². The topological polar surface area (TPSA) is 56.8 Å². The van der Waals surface area contributed by atoms with E-state index in [9.17, 15) is 4.79 Å². The lowest BCUT2D eigenvalue weighted by Gasteiger charge is -2.14. The van der Waals surface area contributed by atoms with E-state index in [0.29, 0.717) is 41.2 Å². The zero-order valence-electron chi connectivity index (χ0n) is 16.3. The number of halogens is 1. The van der Waals surface area contributed by atoms with Gasteiger partial charge in [-0.1, -0.05) is 23.7 Å². The standard InChI is InChI=1S/C22H26ClNO4/c1-26-20-14-21(27-2)19(13-18(20)23)24-22(25)11-10-15-6-5-9-17(12-15)28-16-7-3-4-8-16/h5-6,9,12-14,16H,3-4,7-8,10-11H2,1-2H3,(H,24,25). The third-order valence-electron chi connectivity index (χ3n) is 4.89. The van der Waals surface area contributed by atoms with Crippen molar-refractivity contribution in [3.63, 3.8) is 0 Å². The fourth-order valence-corrected chi connectivity index (χ4v) is 3.64. The Hall–Kier alpha value is -2.40. The highest BCUT2D eigenvalue weighted by atomic mass is 35.5. The van der Waals surface area contributed by atoms with Gasteiger partial charge in [-0.05, 0) is 55.9 Å². The number of methoxy groups -OCH3 is 2. The quantitative estimate of drug-likeness (QED) is 0.654. The van der Waals surface area contributed by atoms with Crippen LogP contribution in [0.4, 0.5) is 5.69 Å². The predicted molar refractivity (Wildman–Crippen MR) is 111 cm³/mol. The Labute approximate surface area is 170 Å². The second kappa shape index (κ2) is 9.69. The Kier molecular flexibility index (Phi) is 7.04. The van der Waals surface area contributed by atoms with Gasteiger partial charge in [-0.25, -0.2) is 0 Å². The average molecular weight is 404 g/mol. The average Bonchev–Trinajstić information content (AvgIpc) is 3.20. The van der Waals surface area contributed by atoms with Gasteiger partial charge in [0.05, 0.1) is 31.0 Å². The van der Waals surface area contributed by atoms with Crippen LogP contribution in [0.3, 0.4) is 0 Å². The van der Waals surface area contributed by atoms with Crippen molar-refractivity contribution in [2.24, 2.45) is 0 Å². The van der Waals surface area contributed by atoms with Gasteiger partial charge in [0.2, 0.25) is 5.91 Å². The molecular formula is C22H26ClNO4. The van der Waals surface area contributed by atoms with Gasteiger partial charge >= 0.3 is 0 Å². The number of anilines is 1. The molecule has 0 atom stereocenters. The summed E-state index contributed by atoms with van der Waals surface area (Å²) in [6.07, 6.45) is 6.02. The molecule has 1 aliphatic carbocycles. The number of hydrogen-bond donors (Lipinski definition) is 1. The van der Waals surface area contributed by atoms with Crippen LogP contribution in [0.5, 0.6) is 17.2 Å². The summed E-state index contributed by atoms with van der Waals surface area (Å²) in [5.41, 5.74) is 1.60. The minimum Gasteiger partial charge on any atom is -0.495 e. The van der Waals surface area contributed by atoms with Crippen LogP contribution in [0.1, 0.15) is 37.7 Å². The van der Waals surface area contributed by atoms with Crippen molar-refractivity contribution in [1.29, 1.82) is 0 Å². The maximum atomic E-state index is 12.4. The number of aryl methyl sites for hydroxylation is 1. The van der Waals surface area contributed by atoms with Crippen molar-refractivity contribution in [1.82, 2.24) is 0 Å². The molecule has 1 fully saturated rings. The Balaban J connectivity index is 1.58. The molecule has 0 unspecified atom stereocenters. The van der Waals surface area contributed by atoms with Gasteiger partial charge in [0.25, 0.3) is 0 Å². The molecule has 0 bridgehead atoms. The molecule has 0 aliphatic heterocycles. The zero-order chi connectivity index (χ0) is 19.9. The van der Waals surface area contributed by atoms with Crippen LogP contribution in [0.15, 0.2) is 36.4 Å². The number of hydrogen-bond acceptors (Lipinski definition) is 4. The molecule has 2 aromatic carbocycles. The molecule has 0 heterocycles. The highest BCUT2D eigenvalue weighted by molar-refractivity contribution is 6.32. The molecule has 0 radical (unpaired) electrons. The number of benzene rings is 2. The molecule has 0 spiro atoms. The number of carbonyl (C=O) groups excluding carboxylic acids is 1. The first-order valence-corrected chi connectivity index (χ1v) is 9.94. The molecule has 6 heteroatoms. The lowest BCUT2D eigenvalue weighted by atomic mass is 10.1. The van der Waals surface area contributed by atoms with Gasteiger partial charge < -0.3 is 19.5 Å². The molecule has 0 saturated heterocycles. The number of nitrogens with one attached hydrogen (secondary N) is 1. The summed E-state index contributed by atoms with van der Waals surface area (Å²) in [7, 11) is 3.07. The van der Waals surface area contributed by atoms with E-state index in [0.717, 1.165) is 24.2 Å². The van der Waals surface area contributed by atoms with E-state index in [4.69, 9.17) is 25.8 Å². The minimum atomic E-state index is -0.110. The van der Waals surface area contributed by atoms with Crippen LogP contribution in [0.25, 0.3) is 0 Å². The summed E-state index contributed by atoms with van der Waals surface area (Å²) in [5.74, 6) is 1.77. The molecule has 150 valence electrons. The third kappa shape index (κ3) is 5.32. The Morgan fingerprint density at radius 3 is 2.57 bits per heavy atom. The number of amides is 1. The fraction of sp³-hybridized carbons (Fsp3) is 0.409. The Morgan fingerprint density at radius 2 is 1.86 bits per heavy atom. The van der Waals surface area contributed by atoms with Crippen LogP contribution in [-0.2, 0) is 11.2 Å². The summed E-state index contributed by atoms with van der Waals surface area (Å²) in [6, 6.07) is 11.3. The summed E-state index contributed by atoms with van der Waals surface area (Å²) in [5, 5.41) is 3.27. The smallest absolute Gasteiger partial charge is 0.224 e. The molecule has 28 heavy (non-hydrogen) atoms. The van der Waals surface area contributed by atoms with E-state index in [-0.39, 0.29) is 5.91 Å². The van der Waals surface area contributed by atoms with Crippen LogP contribution >= 0.6 is 11.6 Å². The minimum absolute atomic E-state index is 0.110. The molecule has 0 aromatic heterocycles. The van der Waals surface area contributed by atoms with Gasteiger partial charge in [-0.2, -0.15) is 0 Å². The van der Waals surface area contributed by atoms with Crippen molar-refractivity contribution in [2.45, 2.75) is 44.6 Å². The van der Waals surface area contributed by atoms with E-state index in [1.54, 1.807) is 12.1 Å². The highest BCUT2D eigenvalue weighted by Crippen LogP contribution is 2.36. The van der Waals surface area contributed by atoms with Crippen molar-refractivity contribution < 1.29 is 19.0 Å². The first-order chi connectivity index (χ1) is 13.6. The van der Waals surface area contributed by atoms with Crippen LogP contribution < -0.4 is 19.5 Å². The van der Waals surface area contributed by atoms with E-state index in [1.165, 1.54) is 27.1 Å². The highest BCUT2D eigenvalue weighted by Gasteiger charge is 2.17. The number of carbonyl (C=O) groups is 1. The van der Waals surface area contributed by atoms with Crippen molar-refractivity contribution >= 4 is 23.2 Å². The maximum Gasteiger partial charge on any atom is 0.224 e. The summed E-state index contributed by atoms with van der Waals surface area (Å²) in [6.45, 7) is 0. The molecule has 1 saturated carbocycles. The van der Waals surface area contributed by atoms with E-state index < -0.39 is 0 Å². The lowest BCUT2D eigenvalue weighted by molar-refractivity contribution is -0.116. The summed E-state index contributed by atoms with van der Waals surface area (Å²) < 4.78 is 16.5. The second-order valence-electron chi connectivity index (χ2n) is 6.91. The second-order valence-corrected chi connectivity index (χ2v) is 7.31. The Bertz CT molecular complexity index is 818. The van der Waals surface area contributed by atoms with E-state index in [2.05, 4.69) is 5.32 Å². The predicted octanol–water partition coefficient (Wildman–Crippen LogP) is 5.25. The summed E-state index contributed by atoms with van der Waals surface area (Å²) in [4.78, 5) is 12.4. The van der Waals surface area contributed by atoms with E-state index in [1.807, 2.05) is 24.3 Å². The first kappa shape index (κ1) is 20.3. The molecule has 1 amide bonds. The third-order valence-corrected chi connectivity index (χ3v) is 5.19. The number of rotatable bonds is 8. The van der Waals surface area contributed by atoms with Gasteiger partial charge in [0.1, 0.15) is 17.2 Å². The molecule has 1 aliphatic rings. The van der Waals surface area contributed by atoms with Crippen molar-refractivity contribution in [2.75, 3.05) is 19.5 Å². The largest absolute Gasteiger partial charge is 0.495 e. The maximum absolute atomic E-state index is 12.4. The first-order valence-electron chi connectivity index (χ1n) is 9.56. The molecular weight excluding hydrogens is 378 g/mol. The fourth-order valence-electron chi connectivity index (χ4n) is 3.40. The SMILES string of the molecule is COc1cc(OC)c(NC(=O)CCc2cccc(OC3CCCC3)c2)cc1Cl. The molecule has 5 nitrogen and oxygen atoms in total. The van der Waals surface area contributed by atoms with Gasteiger partial charge in [-0.3, -0.25) is 4.79 Å².